The van der Waals surface area contributed by atoms with Gasteiger partial charge in [-0.1, -0.05) is 18.2 Å². The van der Waals surface area contributed by atoms with E-state index in [0.717, 1.165) is 11.3 Å². The average molecular weight is 309 g/mol. The molecule has 7 heteroatoms. The molecule has 0 aliphatic heterocycles. The highest BCUT2D eigenvalue weighted by molar-refractivity contribution is 7.89. The maximum atomic E-state index is 12.3. The molecular weight excluding hydrogens is 290 g/mol. The number of hydrogen-bond acceptors (Lipinski definition) is 4. The monoisotopic (exact) mass is 309 g/mol. The van der Waals surface area contributed by atoms with Crippen molar-refractivity contribution in [3.8, 4) is 5.75 Å². The van der Waals surface area contributed by atoms with Crippen LogP contribution in [0.1, 0.15) is 11.4 Å². The Morgan fingerprint density at radius 2 is 2.00 bits per heavy atom. The lowest BCUT2D eigenvalue weighted by atomic mass is 10.2. The van der Waals surface area contributed by atoms with Crippen molar-refractivity contribution < 1.29 is 13.2 Å². The molecule has 1 aromatic carbocycles. The van der Waals surface area contributed by atoms with E-state index >= 15 is 0 Å². The molecule has 0 unspecified atom stereocenters. The Balaban J connectivity index is 1.96. The van der Waals surface area contributed by atoms with E-state index in [-0.39, 0.29) is 18.2 Å². The second-order valence-corrected chi connectivity index (χ2v) is 6.79. The van der Waals surface area contributed by atoms with Gasteiger partial charge in [-0.25, -0.2) is 13.4 Å². The topological polar surface area (TPSA) is 75.3 Å². The molecule has 0 atom stereocenters. The van der Waals surface area contributed by atoms with Gasteiger partial charge in [0, 0.05) is 13.6 Å². The minimum atomic E-state index is -3.55. The summed E-state index contributed by atoms with van der Waals surface area (Å²) in [4.78, 5) is 6.65. The van der Waals surface area contributed by atoms with Crippen LogP contribution < -0.4 is 4.74 Å². The molecule has 0 saturated heterocycles. The molecule has 0 spiro atoms. The number of likely N-dealkylation sites (N-methyl/N-ethyl adjacent to an activating group) is 1. The van der Waals surface area contributed by atoms with Crippen molar-refractivity contribution >= 4 is 10.0 Å². The van der Waals surface area contributed by atoms with Crippen molar-refractivity contribution in [3.05, 3.63) is 41.9 Å². The number of aromatic nitrogens is 2. The first-order valence-electron chi connectivity index (χ1n) is 6.57. The highest BCUT2D eigenvalue weighted by atomic mass is 32.2. The van der Waals surface area contributed by atoms with Crippen LogP contribution in [0.5, 0.6) is 5.75 Å². The summed E-state index contributed by atoms with van der Waals surface area (Å²) in [6.45, 7) is 4.20. The van der Waals surface area contributed by atoms with E-state index in [1.807, 2.05) is 31.2 Å². The lowest BCUT2D eigenvalue weighted by Crippen LogP contribution is -2.31. The van der Waals surface area contributed by atoms with E-state index in [2.05, 4.69) is 9.97 Å². The molecule has 0 radical (unpaired) electrons. The highest BCUT2D eigenvalue weighted by Crippen LogP contribution is 2.16. The van der Waals surface area contributed by atoms with Crippen LogP contribution in [-0.2, 0) is 10.0 Å². The first-order valence-corrected chi connectivity index (χ1v) is 8.01. The minimum absolute atomic E-state index is 0.0957. The third-order valence-electron chi connectivity index (χ3n) is 3.13. The molecule has 0 amide bonds. The van der Waals surface area contributed by atoms with Gasteiger partial charge < -0.3 is 9.72 Å². The lowest BCUT2D eigenvalue weighted by Gasteiger charge is -2.16. The summed E-state index contributed by atoms with van der Waals surface area (Å²) in [6.07, 6.45) is 1.32. The lowest BCUT2D eigenvalue weighted by molar-refractivity contribution is 0.285. The summed E-state index contributed by atoms with van der Waals surface area (Å²) >= 11 is 0. The Hall–Kier alpha value is -1.86. The van der Waals surface area contributed by atoms with Crippen molar-refractivity contribution in [1.29, 1.82) is 0 Å². The fraction of sp³-hybridized carbons (Fsp3) is 0.357. The predicted molar refractivity (Wildman–Crippen MR) is 79.8 cm³/mol. The summed E-state index contributed by atoms with van der Waals surface area (Å²) in [5.41, 5.74) is 1.02. The largest absolute Gasteiger partial charge is 0.492 e. The molecule has 21 heavy (non-hydrogen) atoms. The van der Waals surface area contributed by atoms with Crippen molar-refractivity contribution in [2.45, 2.75) is 18.9 Å². The van der Waals surface area contributed by atoms with E-state index in [9.17, 15) is 8.42 Å². The molecule has 0 fully saturated rings. The first kappa shape index (κ1) is 15.5. The number of nitrogens with one attached hydrogen (secondary N) is 1. The number of H-pyrrole nitrogens is 1. The number of rotatable bonds is 6. The van der Waals surface area contributed by atoms with Crippen molar-refractivity contribution in [2.75, 3.05) is 20.2 Å². The second-order valence-electron chi connectivity index (χ2n) is 4.77. The Bertz CT molecular complexity index is 710. The smallest absolute Gasteiger partial charge is 0.259 e. The van der Waals surface area contributed by atoms with Gasteiger partial charge in [-0.2, -0.15) is 4.31 Å². The Morgan fingerprint density at radius 3 is 2.62 bits per heavy atom. The molecule has 0 bridgehead atoms. The molecular formula is C14H19N3O3S. The van der Waals surface area contributed by atoms with E-state index in [0.29, 0.717) is 5.82 Å². The fourth-order valence-corrected chi connectivity index (χ4v) is 2.93. The summed E-state index contributed by atoms with van der Waals surface area (Å²) in [7, 11) is -2.03. The van der Waals surface area contributed by atoms with E-state index in [1.54, 1.807) is 6.92 Å². The van der Waals surface area contributed by atoms with Gasteiger partial charge in [-0.05, 0) is 25.5 Å². The quantitative estimate of drug-likeness (QED) is 0.881. The van der Waals surface area contributed by atoms with Crippen LogP contribution in [0.4, 0.5) is 0 Å². The summed E-state index contributed by atoms with van der Waals surface area (Å²) in [6, 6.07) is 7.63. The molecule has 6 nitrogen and oxygen atoms in total. The third kappa shape index (κ3) is 3.62. The van der Waals surface area contributed by atoms with Gasteiger partial charge in [0.05, 0.1) is 6.20 Å². The third-order valence-corrected chi connectivity index (χ3v) is 4.89. The molecule has 2 rings (SSSR count). The van der Waals surface area contributed by atoms with Gasteiger partial charge >= 0.3 is 0 Å². The van der Waals surface area contributed by atoms with Gasteiger partial charge in [0.2, 0.25) is 0 Å². The number of aryl methyl sites for hydroxylation is 2. The maximum Gasteiger partial charge on any atom is 0.259 e. The van der Waals surface area contributed by atoms with Crippen LogP contribution in [0, 0.1) is 13.8 Å². The number of aromatic amines is 1. The van der Waals surface area contributed by atoms with E-state index in [1.165, 1.54) is 17.5 Å². The van der Waals surface area contributed by atoms with Gasteiger partial charge in [0.1, 0.15) is 18.2 Å². The number of imidazole rings is 1. The highest BCUT2D eigenvalue weighted by Gasteiger charge is 2.22. The Kier molecular flexibility index (Phi) is 4.64. The zero-order valence-corrected chi connectivity index (χ0v) is 13.1. The van der Waals surface area contributed by atoms with Gasteiger partial charge in [-0.3, -0.25) is 0 Å². The van der Waals surface area contributed by atoms with Crippen LogP contribution >= 0.6 is 0 Å². The molecule has 1 N–H and O–H groups in total. The van der Waals surface area contributed by atoms with Crippen LogP contribution in [0.25, 0.3) is 0 Å². The number of para-hydroxylation sites is 1. The molecule has 0 aliphatic carbocycles. The predicted octanol–water partition coefficient (Wildman–Crippen LogP) is 1.73. The number of benzene rings is 1. The Morgan fingerprint density at radius 1 is 1.29 bits per heavy atom. The van der Waals surface area contributed by atoms with Gasteiger partial charge in [0.15, 0.2) is 5.03 Å². The van der Waals surface area contributed by atoms with Crippen molar-refractivity contribution in [1.82, 2.24) is 14.3 Å². The number of hydrogen-bond donors (Lipinski definition) is 1. The van der Waals surface area contributed by atoms with Crippen molar-refractivity contribution in [2.24, 2.45) is 0 Å². The minimum Gasteiger partial charge on any atom is -0.492 e. The van der Waals surface area contributed by atoms with Crippen LogP contribution in [0.15, 0.2) is 35.5 Å². The number of ether oxygens (including phenoxy) is 1. The van der Waals surface area contributed by atoms with Crippen LogP contribution in [0.3, 0.4) is 0 Å². The average Bonchev–Trinajstić information content (AvgIpc) is 2.88. The molecule has 1 heterocycles. The summed E-state index contributed by atoms with van der Waals surface area (Å²) < 4.78 is 31.4. The van der Waals surface area contributed by atoms with Crippen LogP contribution in [0.2, 0.25) is 0 Å². The molecule has 1 aromatic heterocycles. The zero-order chi connectivity index (χ0) is 15.5. The van der Waals surface area contributed by atoms with Gasteiger partial charge in [-0.15, -0.1) is 0 Å². The van der Waals surface area contributed by atoms with Crippen LogP contribution in [-0.4, -0.2) is 42.9 Å². The zero-order valence-electron chi connectivity index (χ0n) is 12.3. The standard InChI is InChI=1S/C14H19N3O3S/c1-11-6-4-5-7-13(11)20-9-8-17(3)21(18,19)14-10-15-12(2)16-14/h4-7,10H,8-9H2,1-3H3,(H,15,16). The summed E-state index contributed by atoms with van der Waals surface area (Å²) in [5.74, 6) is 1.33. The van der Waals surface area contributed by atoms with E-state index in [4.69, 9.17) is 4.74 Å². The summed E-state index contributed by atoms with van der Waals surface area (Å²) in [5, 5.41) is 0.0957. The SMILES string of the molecule is Cc1ncc(S(=O)(=O)N(C)CCOc2ccccc2C)[nH]1. The van der Waals surface area contributed by atoms with E-state index < -0.39 is 10.0 Å². The normalized spacial score (nSPS) is 11.8. The fourth-order valence-electron chi connectivity index (χ4n) is 1.82. The van der Waals surface area contributed by atoms with Crippen molar-refractivity contribution in [3.63, 3.8) is 0 Å². The van der Waals surface area contributed by atoms with Gasteiger partial charge in [0.25, 0.3) is 10.0 Å². The Labute approximate surface area is 124 Å². The second kappa shape index (κ2) is 6.28. The number of nitrogens with zero attached hydrogens (tertiary/aromatic N) is 2. The first-order chi connectivity index (χ1) is 9.91. The molecule has 114 valence electrons. The molecule has 2 aromatic rings. The number of sulfonamides is 1. The molecule has 0 saturated carbocycles. The molecule has 0 aliphatic rings. The maximum absolute atomic E-state index is 12.3.